The number of aryl methyl sites for hydroxylation is 2. The summed E-state index contributed by atoms with van der Waals surface area (Å²) in [6.07, 6.45) is 1.89. The normalized spacial score (nSPS) is 11.1. The number of amides is 1. The van der Waals surface area contributed by atoms with Gasteiger partial charge in [-0.2, -0.15) is 5.10 Å². The first-order valence-electron chi connectivity index (χ1n) is 11.8. The maximum Gasteiger partial charge on any atom is 0.244 e. The average molecular weight is 467 g/mol. The van der Waals surface area contributed by atoms with Crippen LogP contribution in [0.1, 0.15) is 34.7 Å². The van der Waals surface area contributed by atoms with E-state index in [0.717, 1.165) is 22.3 Å². The minimum atomic E-state index is -0.159. The summed E-state index contributed by atoms with van der Waals surface area (Å²) < 4.78 is 11.9. The third-order valence-electron chi connectivity index (χ3n) is 5.78. The molecule has 4 rings (SSSR count). The number of ether oxygens (including phenoxy) is 2. The SMILES string of the molecule is CCOc1cc(/C=N/NC(=O)Cc2ccc(C)cc2C)ccc1OCc1cccc2ccccc12. The van der Waals surface area contributed by atoms with Crippen LogP contribution in [0.25, 0.3) is 10.8 Å². The van der Waals surface area contributed by atoms with Crippen molar-refractivity contribution in [3.63, 3.8) is 0 Å². The Labute approximate surface area is 206 Å². The predicted octanol–water partition coefficient (Wildman–Crippen LogP) is 6.13. The molecule has 0 heterocycles. The number of carbonyl (C=O) groups excluding carboxylic acids is 1. The Morgan fingerprint density at radius 1 is 0.886 bits per heavy atom. The highest BCUT2D eigenvalue weighted by Gasteiger charge is 2.09. The number of benzene rings is 4. The minimum Gasteiger partial charge on any atom is -0.490 e. The fraction of sp³-hybridized carbons (Fsp3) is 0.200. The number of carbonyl (C=O) groups is 1. The number of hydrogen-bond donors (Lipinski definition) is 1. The Morgan fingerprint density at radius 2 is 1.71 bits per heavy atom. The molecule has 0 atom stereocenters. The molecule has 178 valence electrons. The fourth-order valence-electron chi connectivity index (χ4n) is 4.00. The van der Waals surface area contributed by atoms with E-state index in [1.807, 2.05) is 69.3 Å². The summed E-state index contributed by atoms with van der Waals surface area (Å²) >= 11 is 0. The Hall–Kier alpha value is -4.12. The topological polar surface area (TPSA) is 59.9 Å². The van der Waals surface area contributed by atoms with Crippen molar-refractivity contribution >= 4 is 22.9 Å². The van der Waals surface area contributed by atoms with Crippen molar-refractivity contribution in [2.75, 3.05) is 6.61 Å². The van der Waals surface area contributed by atoms with Crippen molar-refractivity contribution in [3.8, 4) is 11.5 Å². The predicted molar refractivity (Wildman–Crippen MR) is 141 cm³/mol. The Bertz CT molecular complexity index is 1360. The van der Waals surface area contributed by atoms with Crippen molar-refractivity contribution in [1.82, 2.24) is 5.43 Å². The van der Waals surface area contributed by atoms with E-state index in [1.165, 1.54) is 16.3 Å². The number of nitrogens with one attached hydrogen (secondary N) is 1. The second-order valence-corrected chi connectivity index (χ2v) is 8.47. The molecule has 35 heavy (non-hydrogen) atoms. The van der Waals surface area contributed by atoms with Crippen LogP contribution in [-0.2, 0) is 17.8 Å². The molecule has 0 saturated carbocycles. The molecule has 0 aromatic heterocycles. The summed E-state index contributed by atoms with van der Waals surface area (Å²) in [5.74, 6) is 1.14. The molecule has 0 unspecified atom stereocenters. The first-order chi connectivity index (χ1) is 17.0. The summed E-state index contributed by atoms with van der Waals surface area (Å²) in [4.78, 5) is 12.3. The Kier molecular flexibility index (Phi) is 7.78. The number of hydrazone groups is 1. The summed E-state index contributed by atoms with van der Waals surface area (Å²) in [6, 6.07) is 26.2. The lowest BCUT2D eigenvalue weighted by atomic mass is 10.0. The largest absolute Gasteiger partial charge is 0.490 e. The van der Waals surface area contributed by atoms with Crippen LogP contribution in [0.4, 0.5) is 0 Å². The molecule has 0 radical (unpaired) electrons. The van der Waals surface area contributed by atoms with Crippen LogP contribution in [0.2, 0.25) is 0 Å². The van der Waals surface area contributed by atoms with Crippen LogP contribution in [0.3, 0.4) is 0 Å². The summed E-state index contributed by atoms with van der Waals surface area (Å²) in [6.45, 7) is 6.93. The van der Waals surface area contributed by atoms with Gasteiger partial charge < -0.3 is 9.47 Å². The van der Waals surface area contributed by atoms with E-state index in [-0.39, 0.29) is 12.3 Å². The molecule has 5 nitrogen and oxygen atoms in total. The summed E-state index contributed by atoms with van der Waals surface area (Å²) in [5.41, 5.74) is 7.80. The van der Waals surface area contributed by atoms with Gasteiger partial charge in [-0.1, -0.05) is 66.2 Å². The molecule has 0 aliphatic carbocycles. The van der Waals surface area contributed by atoms with E-state index in [4.69, 9.17) is 9.47 Å². The molecule has 0 bridgehead atoms. The molecule has 0 saturated heterocycles. The second kappa shape index (κ2) is 11.3. The van der Waals surface area contributed by atoms with Gasteiger partial charge in [0.15, 0.2) is 11.5 Å². The maximum absolute atomic E-state index is 12.3. The zero-order valence-electron chi connectivity index (χ0n) is 20.4. The molecule has 0 aliphatic heterocycles. The van der Waals surface area contributed by atoms with E-state index in [2.05, 4.69) is 40.9 Å². The standard InChI is InChI=1S/C30H30N2O3/c1-4-34-29-17-23(19-31-32-30(33)18-25-14-12-21(2)16-22(25)3)13-15-28(29)35-20-26-10-7-9-24-8-5-6-11-27(24)26/h5-17,19H,4,18,20H2,1-3H3,(H,32,33)/b31-19+. The van der Waals surface area contributed by atoms with E-state index < -0.39 is 0 Å². The number of rotatable bonds is 9. The molecule has 1 amide bonds. The molecular formula is C30H30N2O3. The van der Waals surface area contributed by atoms with Gasteiger partial charge in [-0.3, -0.25) is 4.79 Å². The van der Waals surface area contributed by atoms with Gasteiger partial charge in [-0.25, -0.2) is 5.43 Å². The quantitative estimate of drug-likeness (QED) is 0.239. The first-order valence-corrected chi connectivity index (χ1v) is 11.8. The number of hydrogen-bond acceptors (Lipinski definition) is 4. The smallest absolute Gasteiger partial charge is 0.244 e. The molecule has 0 spiro atoms. The van der Waals surface area contributed by atoms with Crippen LogP contribution in [0, 0.1) is 13.8 Å². The highest BCUT2D eigenvalue weighted by atomic mass is 16.5. The molecule has 4 aromatic rings. The molecule has 1 N–H and O–H groups in total. The van der Waals surface area contributed by atoms with Crippen LogP contribution in [0.5, 0.6) is 11.5 Å². The van der Waals surface area contributed by atoms with Gasteiger partial charge in [0.25, 0.3) is 0 Å². The van der Waals surface area contributed by atoms with Crippen LogP contribution in [0.15, 0.2) is 84.0 Å². The lowest BCUT2D eigenvalue weighted by molar-refractivity contribution is -0.120. The Morgan fingerprint density at radius 3 is 2.54 bits per heavy atom. The van der Waals surface area contributed by atoms with Crippen LogP contribution < -0.4 is 14.9 Å². The molecule has 5 heteroatoms. The third-order valence-corrected chi connectivity index (χ3v) is 5.78. The van der Waals surface area contributed by atoms with Gasteiger partial charge in [0.05, 0.1) is 19.2 Å². The lowest BCUT2D eigenvalue weighted by Crippen LogP contribution is -2.20. The second-order valence-electron chi connectivity index (χ2n) is 8.47. The Balaban J connectivity index is 1.41. The van der Waals surface area contributed by atoms with Crippen molar-refractivity contribution in [2.24, 2.45) is 5.10 Å². The number of fused-ring (bicyclic) bond motifs is 1. The summed E-state index contributed by atoms with van der Waals surface area (Å²) in [5, 5.41) is 6.48. The van der Waals surface area contributed by atoms with Gasteiger partial charge in [0.1, 0.15) is 6.61 Å². The van der Waals surface area contributed by atoms with E-state index in [9.17, 15) is 4.79 Å². The van der Waals surface area contributed by atoms with Crippen LogP contribution >= 0.6 is 0 Å². The monoisotopic (exact) mass is 466 g/mol. The van der Waals surface area contributed by atoms with Gasteiger partial charge in [-0.05, 0) is 72.0 Å². The van der Waals surface area contributed by atoms with Crippen molar-refractivity contribution in [2.45, 2.75) is 33.8 Å². The fourth-order valence-corrected chi connectivity index (χ4v) is 4.00. The maximum atomic E-state index is 12.3. The first kappa shape index (κ1) is 24.0. The van der Waals surface area contributed by atoms with Gasteiger partial charge in [-0.15, -0.1) is 0 Å². The number of nitrogens with zero attached hydrogens (tertiary/aromatic N) is 1. The molecule has 0 aliphatic rings. The van der Waals surface area contributed by atoms with E-state index in [1.54, 1.807) is 6.21 Å². The van der Waals surface area contributed by atoms with E-state index >= 15 is 0 Å². The zero-order chi connectivity index (χ0) is 24.6. The van der Waals surface area contributed by atoms with Crippen molar-refractivity contribution < 1.29 is 14.3 Å². The highest BCUT2D eigenvalue weighted by molar-refractivity contribution is 5.86. The van der Waals surface area contributed by atoms with Gasteiger partial charge in [0.2, 0.25) is 5.91 Å². The van der Waals surface area contributed by atoms with E-state index in [0.29, 0.717) is 24.7 Å². The summed E-state index contributed by atoms with van der Waals surface area (Å²) in [7, 11) is 0. The van der Waals surface area contributed by atoms with Gasteiger partial charge >= 0.3 is 0 Å². The average Bonchev–Trinajstić information content (AvgIpc) is 2.85. The van der Waals surface area contributed by atoms with Crippen molar-refractivity contribution in [1.29, 1.82) is 0 Å². The zero-order valence-corrected chi connectivity index (χ0v) is 20.4. The van der Waals surface area contributed by atoms with Gasteiger partial charge in [0, 0.05) is 0 Å². The van der Waals surface area contributed by atoms with Crippen LogP contribution in [-0.4, -0.2) is 18.7 Å². The molecule has 0 fully saturated rings. The third kappa shape index (κ3) is 6.27. The van der Waals surface area contributed by atoms with Crippen molar-refractivity contribution in [3.05, 3.63) is 107 Å². The lowest BCUT2D eigenvalue weighted by Gasteiger charge is -2.13. The molecular weight excluding hydrogens is 436 g/mol. The minimum absolute atomic E-state index is 0.159. The molecule has 4 aromatic carbocycles. The highest BCUT2D eigenvalue weighted by Crippen LogP contribution is 2.30.